The number of piperazine rings is 1. The van der Waals surface area contributed by atoms with E-state index in [4.69, 9.17) is 11.6 Å². The minimum absolute atomic E-state index is 0.444. The van der Waals surface area contributed by atoms with Gasteiger partial charge in [0, 0.05) is 51.0 Å². The molecule has 7 nitrogen and oxygen atoms in total. The van der Waals surface area contributed by atoms with Crippen LogP contribution in [0.4, 0.5) is 17.2 Å². The van der Waals surface area contributed by atoms with Crippen molar-refractivity contribution >= 4 is 39.0 Å². The summed E-state index contributed by atoms with van der Waals surface area (Å²) in [4.78, 5) is 8.88. The number of pyridine rings is 1. The van der Waals surface area contributed by atoms with Gasteiger partial charge in [0.05, 0.1) is 11.9 Å². The summed E-state index contributed by atoms with van der Waals surface area (Å²) in [5, 5.41) is 0.738. The maximum Gasteiger partial charge on any atom is 0.301 e. The van der Waals surface area contributed by atoms with Gasteiger partial charge in [-0.15, -0.1) is 0 Å². The first-order valence-corrected chi connectivity index (χ1v) is 10.1. The number of nitrogens with one attached hydrogen (secondary N) is 1. The van der Waals surface area contributed by atoms with Gasteiger partial charge in [0.2, 0.25) is 0 Å². The number of nitrogens with zero attached hydrogens (tertiary/aromatic N) is 4. The largest absolute Gasteiger partial charge is 0.368 e. The Morgan fingerprint density at radius 2 is 1.77 bits per heavy atom. The van der Waals surface area contributed by atoms with Crippen LogP contribution in [-0.2, 0) is 10.2 Å². The van der Waals surface area contributed by atoms with Crippen molar-refractivity contribution in [1.29, 1.82) is 0 Å². The molecule has 1 saturated heterocycles. The number of hydrogen-bond donors (Lipinski definition) is 1. The highest BCUT2D eigenvalue weighted by Gasteiger charge is 2.19. The van der Waals surface area contributed by atoms with Crippen LogP contribution < -0.4 is 14.5 Å². The van der Waals surface area contributed by atoms with Crippen LogP contribution in [0.3, 0.4) is 0 Å². The van der Waals surface area contributed by atoms with Gasteiger partial charge in [-0.3, -0.25) is 4.72 Å². The summed E-state index contributed by atoms with van der Waals surface area (Å²) >= 11 is 6.07. The molecule has 3 rings (SSSR count). The van der Waals surface area contributed by atoms with Gasteiger partial charge < -0.3 is 9.80 Å². The minimum atomic E-state index is -3.52. The van der Waals surface area contributed by atoms with Crippen LogP contribution in [0.5, 0.6) is 0 Å². The molecule has 0 amide bonds. The maximum atomic E-state index is 11.8. The highest BCUT2D eigenvalue weighted by atomic mass is 35.5. The molecule has 140 valence electrons. The zero-order valence-electron chi connectivity index (χ0n) is 14.8. The van der Waals surface area contributed by atoms with Crippen LogP contribution in [0.2, 0.25) is 5.02 Å². The zero-order chi connectivity index (χ0) is 18.7. The molecule has 0 spiro atoms. The predicted octanol–water partition coefficient (Wildman–Crippen LogP) is 2.28. The van der Waals surface area contributed by atoms with Crippen molar-refractivity contribution in [2.75, 3.05) is 54.8 Å². The van der Waals surface area contributed by atoms with E-state index in [9.17, 15) is 8.42 Å². The number of aromatic nitrogens is 1. The lowest BCUT2D eigenvalue weighted by Gasteiger charge is -2.36. The van der Waals surface area contributed by atoms with Crippen molar-refractivity contribution < 1.29 is 8.42 Å². The first-order valence-electron chi connectivity index (χ1n) is 8.27. The molecule has 0 bridgehead atoms. The first kappa shape index (κ1) is 18.8. The molecular weight excluding hydrogens is 374 g/mol. The van der Waals surface area contributed by atoms with Gasteiger partial charge in [-0.2, -0.15) is 12.7 Å². The van der Waals surface area contributed by atoms with Crippen LogP contribution in [0.25, 0.3) is 0 Å². The highest BCUT2D eigenvalue weighted by molar-refractivity contribution is 7.90. The molecule has 9 heteroatoms. The fourth-order valence-electron chi connectivity index (χ4n) is 2.74. The van der Waals surface area contributed by atoms with Crippen molar-refractivity contribution in [3.05, 3.63) is 47.6 Å². The Morgan fingerprint density at radius 3 is 2.35 bits per heavy atom. The summed E-state index contributed by atoms with van der Waals surface area (Å²) in [6.45, 7) is 3.42. The van der Waals surface area contributed by atoms with E-state index in [1.54, 1.807) is 12.3 Å². The second-order valence-corrected chi connectivity index (χ2v) is 8.57. The molecule has 2 heterocycles. The van der Waals surface area contributed by atoms with Gasteiger partial charge in [0.25, 0.3) is 0 Å². The lowest BCUT2D eigenvalue weighted by Crippen LogP contribution is -2.46. The van der Waals surface area contributed by atoms with Crippen molar-refractivity contribution in [3.8, 4) is 0 Å². The van der Waals surface area contributed by atoms with E-state index < -0.39 is 10.2 Å². The first-order chi connectivity index (χ1) is 12.3. The van der Waals surface area contributed by atoms with Gasteiger partial charge in [-0.05, 0) is 30.3 Å². The monoisotopic (exact) mass is 395 g/mol. The molecule has 0 saturated carbocycles. The van der Waals surface area contributed by atoms with E-state index in [1.807, 2.05) is 24.3 Å². The van der Waals surface area contributed by atoms with E-state index >= 15 is 0 Å². The summed E-state index contributed by atoms with van der Waals surface area (Å²) in [6.07, 6.45) is 1.54. The lowest BCUT2D eigenvalue weighted by atomic mass is 10.2. The Balaban J connectivity index is 1.61. The second kappa shape index (κ2) is 7.69. The third-order valence-corrected chi connectivity index (χ3v) is 5.94. The molecule has 0 atom stereocenters. The average Bonchev–Trinajstić information content (AvgIpc) is 2.62. The van der Waals surface area contributed by atoms with Crippen molar-refractivity contribution in [2.24, 2.45) is 0 Å². The molecule has 26 heavy (non-hydrogen) atoms. The third kappa shape index (κ3) is 4.38. The average molecular weight is 396 g/mol. The van der Waals surface area contributed by atoms with Crippen LogP contribution >= 0.6 is 11.6 Å². The molecule has 1 N–H and O–H groups in total. The molecule has 2 aromatic rings. The number of halogens is 1. The number of hydrogen-bond acceptors (Lipinski definition) is 5. The summed E-state index contributed by atoms with van der Waals surface area (Å²) in [5.41, 5.74) is 1.57. The quantitative estimate of drug-likeness (QED) is 0.841. The van der Waals surface area contributed by atoms with Crippen molar-refractivity contribution in [1.82, 2.24) is 9.29 Å². The van der Waals surface area contributed by atoms with Crippen LogP contribution in [0.15, 0.2) is 42.6 Å². The molecule has 1 aromatic carbocycles. The van der Waals surface area contributed by atoms with Gasteiger partial charge in [0.15, 0.2) is 0 Å². The van der Waals surface area contributed by atoms with E-state index in [0.29, 0.717) is 5.69 Å². The predicted molar refractivity (Wildman–Crippen MR) is 106 cm³/mol. The van der Waals surface area contributed by atoms with Crippen LogP contribution in [-0.4, -0.2) is 58.0 Å². The topological polar surface area (TPSA) is 68.8 Å². The highest BCUT2D eigenvalue weighted by Crippen LogP contribution is 2.23. The lowest BCUT2D eigenvalue weighted by molar-refractivity contribution is 0.527. The van der Waals surface area contributed by atoms with Gasteiger partial charge in [0.1, 0.15) is 5.82 Å². The van der Waals surface area contributed by atoms with Crippen LogP contribution in [0.1, 0.15) is 0 Å². The molecule has 1 aliphatic rings. The van der Waals surface area contributed by atoms with Gasteiger partial charge in [-0.1, -0.05) is 17.7 Å². The normalized spacial score (nSPS) is 15.4. The maximum absolute atomic E-state index is 11.8. The van der Waals surface area contributed by atoms with Crippen molar-refractivity contribution in [3.63, 3.8) is 0 Å². The molecule has 0 radical (unpaired) electrons. The number of rotatable bonds is 5. The summed E-state index contributed by atoms with van der Waals surface area (Å²) in [6, 6.07) is 11.4. The second-order valence-electron chi connectivity index (χ2n) is 6.25. The standard InChI is InChI=1S/C17H22ClN5O2S/c1-21(2)26(24,25)20-15-6-7-17(19-13-15)23-10-8-22(9-11-23)16-5-3-4-14(18)12-16/h3-7,12-13,20H,8-11H2,1-2H3. The summed E-state index contributed by atoms with van der Waals surface area (Å²) in [5.74, 6) is 0.837. The SMILES string of the molecule is CN(C)S(=O)(=O)Nc1ccc(N2CCN(c3cccc(Cl)c3)CC2)nc1. The van der Waals surface area contributed by atoms with E-state index in [1.165, 1.54) is 14.1 Å². The minimum Gasteiger partial charge on any atom is -0.368 e. The Labute approximate surface area is 159 Å². The summed E-state index contributed by atoms with van der Waals surface area (Å²) < 4.78 is 27.3. The molecular formula is C17H22ClN5O2S. The number of anilines is 3. The third-order valence-electron chi connectivity index (χ3n) is 4.25. The molecule has 1 aliphatic heterocycles. The Bertz CT molecular complexity index is 850. The Kier molecular flexibility index (Phi) is 5.55. The van der Waals surface area contributed by atoms with E-state index in [2.05, 4.69) is 25.6 Å². The molecule has 1 aromatic heterocycles. The van der Waals surface area contributed by atoms with E-state index in [0.717, 1.165) is 47.0 Å². The molecule has 0 aliphatic carbocycles. The fourth-order valence-corrected chi connectivity index (χ4v) is 3.53. The zero-order valence-corrected chi connectivity index (χ0v) is 16.3. The van der Waals surface area contributed by atoms with Crippen molar-refractivity contribution in [2.45, 2.75) is 0 Å². The molecule has 1 fully saturated rings. The van der Waals surface area contributed by atoms with E-state index in [-0.39, 0.29) is 0 Å². The Hall–Kier alpha value is -2.03. The Morgan fingerprint density at radius 1 is 1.08 bits per heavy atom. The smallest absolute Gasteiger partial charge is 0.301 e. The van der Waals surface area contributed by atoms with Gasteiger partial charge in [-0.25, -0.2) is 4.98 Å². The van der Waals surface area contributed by atoms with Crippen LogP contribution in [0, 0.1) is 0 Å². The van der Waals surface area contributed by atoms with Gasteiger partial charge >= 0.3 is 10.2 Å². The summed E-state index contributed by atoms with van der Waals surface area (Å²) in [7, 11) is -0.567. The fraction of sp³-hybridized carbons (Fsp3) is 0.353. The number of benzene rings is 1. The molecule has 0 unspecified atom stereocenters.